The van der Waals surface area contributed by atoms with Crippen molar-refractivity contribution in [2.45, 2.75) is 18.4 Å². The number of carboxylic acid groups (broad SMARTS) is 1. The Bertz CT molecular complexity index is 1420. The number of nitro benzene ring substituents is 1. The highest BCUT2D eigenvalue weighted by molar-refractivity contribution is 5.87. The zero-order chi connectivity index (χ0) is 24.5. The fraction of sp³-hybridized carbons (Fsp3) is 0.154. The molecule has 0 radical (unpaired) electrons. The molecule has 0 saturated carbocycles. The van der Waals surface area contributed by atoms with Crippen LogP contribution in [0.1, 0.15) is 22.6 Å². The molecule has 5 rings (SSSR count). The van der Waals surface area contributed by atoms with Gasteiger partial charge in [-0.1, -0.05) is 48.5 Å². The van der Waals surface area contributed by atoms with Crippen molar-refractivity contribution in [1.82, 2.24) is 10.3 Å². The summed E-state index contributed by atoms with van der Waals surface area (Å²) in [6.45, 7) is 0.0724. The predicted octanol–water partition coefficient (Wildman–Crippen LogP) is 4.61. The second kappa shape index (κ2) is 8.94. The zero-order valence-electron chi connectivity index (χ0n) is 18.4. The number of aliphatic carboxylic acids is 1. The number of ether oxygens (including phenoxy) is 1. The number of amides is 1. The van der Waals surface area contributed by atoms with Gasteiger partial charge in [0.25, 0.3) is 5.69 Å². The molecule has 0 unspecified atom stereocenters. The summed E-state index contributed by atoms with van der Waals surface area (Å²) < 4.78 is 5.47. The van der Waals surface area contributed by atoms with E-state index in [9.17, 15) is 24.8 Å². The van der Waals surface area contributed by atoms with E-state index in [0.29, 0.717) is 16.5 Å². The van der Waals surface area contributed by atoms with E-state index in [1.807, 2.05) is 48.5 Å². The number of nitrogens with zero attached hydrogens (tertiary/aromatic N) is 1. The molecule has 35 heavy (non-hydrogen) atoms. The van der Waals surface area contributed by atoms with E-state index in [0.717, 1.165) is 22.3 Å². The van der Waals surface area contributed by atoms with Gasteiger partial charge >= 0.3 is 12.1 Å². The van der Waals surface area contributed by atoms with Crippen LogP contribution in [0.15, 0.2) is 72.9 Å². The van der Waals surface area contributed by atoms with Gasteiger partial charge in [-0.15, -0.1) is 0 Å². The highest BCUT2D eigenvalue weighted by Crippen LogP contribution is 2.44. The van der Waals surface area contributed by atoms with Crippen LogP contribution >= 0.6 is 0 Å². The second-order valence-electron chi connectivity index (χ2n) is 8.37. The van der Waals surface area contributed by atoms with Crippen LogP contribution in [0.25, 0.3) is 22.0 Å². The largest absolute Gasteiger partial charge is 0.480 e. The number of aromatic amines is 1. The summed E-state index contributed by atoms with van der Waals surface area (Å²) in [5.41, 5.74) is 5.37. The Morgan fingerprint density at radius 2 is 1.71 bits per heavy atom. The summed E-state index contributed by atoms with van der Waals surface area (Å²) >= 11 is 0. The van der Waals surface area contributed by atoms with Gasteiger partial charge in [-0.3, -0.25) is 10.1 Å². The van der Waals surface area contributed by atoms with Crippen molar-refractivity contribution >= 4 is 28.7 Å². The summed E-state index contributed by atoms with van der Waals surface area (Å²) in [5, 5.41) is 23.8. The summed E-state index contributed by atoms with van der Waals surface area (Å²) in [7, 11) is 0. The molecule has 0 saturated heterocycles. The Kier molecular flexibility index (Phi) is 5.66. The molecule has 3 aromatic carbocycles. The van der Waals surface area contributed by atoms with Crippen LogP contribution in [-0.2, 0) is 16.0 Å². The number of hydrogen-bond donors (Lipinski definition) is 3. The van der Waals surface area contributed by atoms with Gasteiger partial charge in [0.15, 0.2) is 0 Å². The predicted molar refractivity (Wildman–Crippen MR) is 128 cm³/mol. The first-order chi connectivity index (χ1) is 16.9. The van der Waals surface area contributed by atoms with Gasteiger partial charge in [-0.05, 0) is 33.9 Å². The molecule has 0 aliphatic heterocycles. The van der Waals surface area contributed by atoms with Crippen molar-refractivity contribution in [3.63, 3.8) is 0 Å². The highest BCUT2D eigenvalue weighted by atomic mass is 16.6. The van der Waals surface area contributed by atoms with Crippen molar-refractivity contribution in [3.8, 4) is 11.1 Å². The molecule has 176 valence electrons. The third-order valence-corrected chi connectivity index (χ3v) is 6.32. The quantitative estimate of drug-likeness (QED) is 0.266. The number of nitro groups is 1. The molecule has 0 fully saturated rings. The van der Waals surface area contributed by atoms with E-state index in [1.54, 1.807) is 12.3 Å². The second-order valence-corrected chi connectivity index (χ2v) is 8.37. The minimum atomic E-state index is -1.24. The molecular formula is C26H21N3O6. The lowest BCUT2D eigenvalue weighted by molar-refractivity contribution is -0.384. The van der Waals surface area contributed by atoms with Crippen LogP contribution in [0.5, 0.6) is 0 Å². The molecule has 1 amide bonds. The number of aromatic nitrogens is 1. The number of fused-ring (bicyclic) bond motifs is 4. The number of hydrogen-bond acceptors (Lipinski definition) is 5. The number of H-pyrrole nitrogens is 1. The van der Waals surface area contributed by atoms with Gasteiger partial charge in [0, 0.05) is 36.1 Å². The number of carbonyl (C=O) groups excluding carboxylic acids is 1. The molecule has 0 spiro atoms. The topological polar surface area (TPSA) is 135 Å². The van der Waals surface area contributed by atoms with E-state index in [4.69, 9.17) is 4.74 Å². The zero-order valence-corrected chi connectivity index (χ0v) is 18.4. The van der Waals surface area contributed by atoms with E-state index in [-0.39, 0.29) is 24.6 Å². The van der Waals surface area contributed by atoms with Crippen LogP contribution in [0.2, 0.25) is 0 Å². The molecule has 0 bridgehead atoms. The third kappa shape index (κ3) is 4.19. The number of benzene rings is 3. The van der Waals surface area contributed by atoms with E-state index < -0.39 is 23.0 Å². The average Bonchev–Trinajstić information content (AvgIpc) is 3.40. The lowest BCUT2D eigenvalue weighted by atomic mass is 9.98. The van der Waals surface area contributed by atoms with Gasteiger partial charge in [-0.25, -0.2) is 9.59 Å². The number of carbonyl (C=O) groups is 2. The van der Waals surface area contributed by atoms with Crippen LogP contribution in [-0.4, -0.2) is 39.7 Å². The lowest BCUT2D eigenvalue weighted by Crippen LogP contribution is -2.42. The maximum absolute atomic E-state index is 12.6. The maximum Gasteiger partial charge on any atom is 0.407 e. The standard InChI is InChI=1S/C26H21N3O6/c30-25(31)24(11-15-13-27-23-12-16(29(33)34)9-10-17(15)23)28-26(32)35-14-22-20-7-3-1-5-18(20)19-6-2-4-8-21(19)22/h1-10,12-13,22,24,27H,11,14H2,(H,28,32)(H,30,31)/t24-/m0/s1. The first-order valence-electron chi connectivity index (χ1n) is 11.0. The Hall–Kier alpha value is -4.66. The third-order valence-electron chi connectivity index (χ3n) is 6.32. The van der Waals surface area contributed by atoms with Crippen LogP contribution in [0, 0.1) is 10.1 Å². The fourth-order valence-corrected chi connectivity index (χ4v) is 4.66. The first kappa shape index (κ1) is 22.1. The number of alkyl carbamates (subject to hydrolysis) is 1. The lowest BCUT2D eigenvalue weighted by Gasteiger charge is -2.17. The Morgan fingerprint density at radius 1 is 1.06 bits per heavy atom. The maximum atomic E-state index is 12.6. The molecule has 3 N–H and O–H groups in total. The molecule has 9 nitrogen and oxygen atoms in total. The molecule has 9 heteroatoms. The normalized spacial score (nSPS) is 13.1. The fourth-order valence-electron chi connectivity index (χ4n) is 4.66. The van der Waals surface area contributed by atoms with E-state index >= 15 is 0 Å². The van der Waals surface area contributed by atoms with Crippen molar-refractivity contribution in [2.75, 3.05) is 6.61 Å². The van der Waals surface area contributed by atoms with Crippen molar-refractivity contribution in [3.05, 3.63) is 99.7 Å². The number of carboxylic acids is 1. The highest BCUT2D eigenvalue weighted by Gasteiger charge is 2.30. The van der Waals surface area contributed by atoms with Crippen LogP contribution in [0.4, 0.5) is 10.5 Å². The first-order valence-corrected chi connectivity index (χ1v) is 11.0. The molecule has 1 aromatic heterocycles. The van der Waals surface area contributed by atoms with Gasteiger partial charge in [0.1, 0.15) is 12.6 Å². The van der Waals surface area contributed by atoms with Gasteiger partial charge in [-0.2, -0.15) is 0 Å². The molecule has 1 aliphatic carbocycles. The number of non-ortho nitro benzene ring substituents is 1. The summed E-state index contributed by atoms with van der Waals surface area (Å²) in [6, 6.07) is 18.9. The summed E-state index contributed by atoms with van der Waals surface area (Å²) in [6.07, 6.45) is 0.746. The van der Waals surface area contributed by atoms with Crippen molar-refractivity contribution in [2.24, 2.45) is 0 Å². The van der Waals surface area contributed by atoms with Crippen molar-refractivity contribution < 1.29 is 24.4 Å². The number of rotatable bonds is 7. The SMILES string of the molecule is O=C(N[C@@H](Cc1c[nH]c2cc([N+](=O)[O-])ccc12)C(=O)O)OCC1c2ccccc2-c2ccccc21. The van der Waals surface area contributed by atoms with Crippen LogP contribution < -0.4 is 5.32 Å². The Morgan fingerprint density at radius 3 is 2.34 bits per heavy atom. The van der Waals surface area contributed by atoms with Gasteiger partial charge in [0.05, 0.1) is 10.4 Å². The average molecular weight is 471 g/mol. The Balaban J connectivity index is 1.28. The van der Waals surface area contributed by atoms with Gasteiger partial charge < -0.3 is 20.1 Å². The summed E-state index contributed by atoms with van der Waals surface area (Å²) in [4.78, 5) is 37.8. The number of nitrogens with one attached hydrogen (secondary N) is 2. The molecule has 4 aromatic rings. The molecule has 1 heterocycles. The molecule has 1 aliphatic rings. The van der Waals surface area contributed by atoms with E-state index in [1.165, 1.54) is 12.1 Å². The smallest absolute Gasteiger partial charge is 0.407 e. The van der Waals surface area contributed by atoms with E-state index in [2.05, 4.69) is 10.3 Å². The monoisotopic (exact) mass is 471 g/mol. The Labute approximate surface area is 199 Å². The van der Waals surface area contributed by atoms with Gasteiger partial charge in [0.2, 0.25) is 0 Å². The minimum absolute atomic E-state index is 0.0165. The molecular weight excluding hydrogens is 450 g/mol. The van der Waals surface area contributed by atoms with Crippen molar-refractivity contribution in [1.29, 1.82) is 0 Å². The summed E-state index contributed by atoms with van der Waals surface area (Å²) in [5.74, 6) is -1.35. The van der Waals surface area contributed by atoms with Crippen LogP contribution in [0.3, 0.4) is 0 Å². The molecule has 1 atom stereocenters. The minimum Gasteiger partial charge on any atom is -0.480 e.